The summed E-state index contributed by atoms with van der Waals surface area (Å²) in [4.78, 5) is 17.5. The van der Waals surface area contributed by atoms with Gasteiger partial charge in [0.1, 0.15) is 0 Å². The van der Waals surface area contributed by atoms with Crippen LogP contribution < -0.4 is 14.8 Å². The summed E-state index contributed by atoms with van der Waals surface area (Å²) >= 11 is 0. The van der Waals surface area contributed by atoms with Crippen LogP contribution in [0.3, 0.4) is 0 Å². The van der Waals surface area contributed by atoms with Gasteiger partial charge in [-0.05, 0) is 36.2 Å². The number of anilines is 1. The van der Waals surface area contributed by atoms with Crippen molar-refractivity contribution in [2.75, 3.05) is 12.1 Å². The highest BCUT2D eigenvalue weighted by Crippen LogP contribution is 2.34. The average Bonchev–Trinajstić information content (AvgIpc) is 3.39. The predicted octanol–water partition coefficient (Wildman–Crippen LogP) is 4.02. The lowest BCUT2D eigenvalue weighted by Crippen LogP contribution is -2.14. The van der Waals surface area contributed by atoms with Crippen molar-refractivity contribution in [3.8, 4) is 11.5 Å². The lowest BCUT2D eigenvalue weighted by molar-refractivity contribution is 0.102. The van der Waals surface area contributed by atoms with Gasteiger partial charge in [-0.3, -0.25) is 14.5 Å². The molecule has 5 rings (SSSR count). The lowest BCUT2D eigenvalue weighted by Gasteiger charge is -2.05. The Labute approximate surface area is 173 Å². The number of nitrogens with one attached hydrogen (secondary N) is 1. The molecule has 0 fully saturated rings. The number of aromatic nitrogens is 3. The van der Waals surface area contributed by atoms with Crippen molar-refractivity contribution in [3.63, 3.8) is 0 Å². The van der Waals surface area contributed by atoms with E-state index in [0.717, 1.165) is 23.0 Å². The van der Waals surface area contributed by atoms with Crippen molar-refractivity contribution in [2.45, 2.75) is 19.9 Å². The van der Waals surface area contributed by atoms with E-state index in [9.17, 15) is 4.79 Å². The van der Waals surface area contributed by atoms with Crippen molar-refractivity contribution >= 4 is 22.5 Å². The molecule has 0 aliphatic carbocycles. The van der Waals surface area contributed by atoms with E-state index in [2.05, 4.69) is 28.4 Å². The highest BCUT2D eigenvalue weighted by molar-refractivity contribution is 6.11. The van der Waals surface area contributed by atoms with Gasteiger partial charge in [0, 0.05) is 23.3 Å². The summed E-state index contributed by atoms with van der Waals surface area (Å²) in [6, 6.07) is 17.1. The number of carbonyl (C=O) groups excluding carboxylic acids is 1. The zero-order chi connectivity index (χ0) is 20.5. The molecule has 0 spiro atoms. The Morgan fingerprint density at radius 3 is 2.80 bits per heavy atom. The van der Waals surface area contributed by atoms with Crippen molar-refractivity contribution in [1.82, 2.24) is 14.8 Å². The summed E-state index contributed by atoms with van der Waals surface area (Å²) in [6.07, 6.45) is 2.83. The Balaban J connectivity index is 1.44. The minimum atomic E-state index is -0.280. The fraction of sp³-hybridized carbons (Fsp3) is 0.174. The van der Waals surface area contributed by atoms with E-state index >= 15 is 0 Å². The molecule has 2 aromatic carbocycles. The van der Waals surface area contributed by atoms with Gasteiger partial charge in [0.2, 0.25) is 6.79 Å². The first kappa shape index (κ1) is 18.2. The molecule has 0 atom stereocenters. The van der Waals surface area contributed by atoms with Crippen LogP contribution in [-0.4, -0.2) is 27.5 Å². The van der Waals surface area contributed by atoms with Gasteiger partial charge in [0.15, 0.2) is 17.2 Å². The molecule has 7 nitrogen and oxygen atoms in total. The second kappa shape index (κ2) is 7.51. The van der Waals surface area contributed by atoms with Gasteiger partial charge in [-0.2, -0.15) is 5.10 Å². The third-order valence-electron chi connectivity index (χ3n) is 5.11. The number of fused-ring (bicyclic) bond motifs is 2. The summed E-state index contributed by atoms with van der Waals surface area (Å²) in [5, 5.41) is 8.30. The largest absolute Gasteiger partial charge is 0.454 e. The zero-order valence-corrected chi connectivity index (χ0v) is 16.5. The number of aryl methyl sites for hydroxylation is 1. The van der Waals surface area contributed by atoms with Crippen LogP contribution in [0, 0.1) is 0 Å². The zero-order valence-electron chi connectivity index (χ0n) is 16.5. The van der Waals surface area contributed by atoms with Crippen LogP contribution >= 0.6 is 0 Å². The summed E-state index contributed by atoms with van der Waals surface area (Å²) < 4.78 is 12.5. The van der Waals surface area contributed by atoms with E-state index in [1.54, 1.807) is 18.2 Å². The third kappa shape index (κ3) is 3.34. The molecule has 0 saturated carbocycles. The van der Waals surface area contributed by atoms with Gasteiger partial charge in [0.25, 0.3) is 5.91 Å². The monoisotopic (exact) mass is 400 g/mol. The van der Waals surface area contributed by atoms with Gasteiger partial charge >= 0.3 is 0 Å². The normalized spacial score (nSPS) is 12.3. The lowest BCUT2D eigenvalue weighted by atomic mass is 10.2. The predicted molar refractivity (Wildman–Crippen MR) is 113 cm³/mol. The van der Waals surface area contributed by atoms with Crippen LogP contribution in [0.2, 0.25) is 0 Å². The Morgan fingerprint density at radius 2 is 1.97 bits per heavy atom. The Kier molecular flexibility index (Phi) is 4.55. The van der Waals surface area contributed by atoms with Crippen LogP contribution in [0.5, 0.6) is 11.5 Å². The molecule has 7 heteroatoms. The quantitative estimate of drug-likeness (QED) is 0.547. The molecule has 3 heterocycles. The Hall–Kier alpha value is -3.87. The molecule has 0 bridgehead atoms. The molecular formula is C23H20N4O3. The SMILES string of the molecule is CCc1ccc(Cn2nc(C(=O)Nc3ccc4c(c3)OCO4)c3ccccc32)nc1. The first-order valence-electron chi connectivity index (χ1n) is 9.81. The average molecular weight is 400 g/mol. The van der Waals surface area contributed by atoms with Crippen molar-refractivity contribution < 1.29 is 14.3 Å². The van der Waals surface area contributed by atoms with E-state index in [4.69, 9.17) is 9.47 Å². The molecule has 2 aromatic heterocycles. The second-order valence-electron chi connectivity index (χ2n) is 7.06. The van der Waals surface area contributed by atoms with Crippen LogP contribution in [0.25, 0.3) is 10.9 Å². The fourth-order valence-corrected chi connectivity index (χ4v) is 3.49. The number of carbonyl (C=O) groups is 1. The van der Waals surface area contributed by atoms with Gasteiger partial charge < -0.3 is 14.8 Å². The van der Waals surface area contributed by atoms with E-state index in [0.29, 0.717) is 29.4 Å². The van der Waals surface area contributed by atoms with Gasteiger partial charge in [0.05, 0.1) is 17.8 Å². The topological polar surface area (TPSA) is 78.3 Å². The molecule has 0 saturated heterocycles. The minimum Gasteiger partial charge on any atom is -0.454 e. The Bertz CT molecular complexity index is 1230. The maximum absolute atomic E-state index is 13.0. The molecule has 30 heavy (non-hydrogen) atoms. The molecular weight excluding hydrogens is 380 g/mol. The smallest absolute Gasteiger partial charge is 0.276 e. The Morgan fingerprint density at radius 1 is 1.10 bits per heavy atom. The van der Waals surface area contributed by atoms with Crippen LogP contribution in [0.1, 0.15) is 28.7 Å². The van der Waals surface area contributed by atoms with E-state index in [1.807, 2.05) is 41.2 Å². The first-order valence-corrected chi connectivity index (χ1v) is 9.81. The maximum atomic E-state index is 13.0. The number of nitrogens with zero attached hydrogens (tertiary/aromatic N) is 3. The number of ether oxygens (including phenoxy) is 2. The number of benzene rings is 2. The number of rotatable bonds is 5. The minimum absolute atomic E-state index is 0.190. The second-order valence-corrected chi connectivity index (χ2v) is 7.06. The summed E-state index contributed by atoms with van der Waals surface area (Å²) in [7, 11) is 0. The highest BCUT2D eigenvalue weighted by Gasteiger charge is 2.19. The van der Waals surface area contributed by atoms with Gasteiger partial charge in [-0.25, -0.2) is 0 Å². The van der Waals surface area contributed by atoms with Crippen LogP contribution in [0.15, 0.2) is 60.8 Å². The number of hydrogen-bond donors (Lipinski definition) is 1. The molecule has 150 valence electrons. The van der Waals surface area contributed by atoms with E-state index < -0.39 is 0 Å². The van der Waals surface area contributed by atoms with Gasteiger partial charge in [-0.1, -0.05) is 31.2 Å². The summed E-state index contributed by atoms with van der Waals surface area (Å²) in [5.41, 5.74) is 3.96. The molecule has 4 aromatic rings. The molecule has 0 unspecified atom stereocenters. The maximum Gasteiger partial charge on any atom is 0.276 e. The van der Waals surface area contributed by atoms with E-state index in [1.165, 1.54) is 5.56 Å². The van der Waals surface area contributed by atoms with Crippen LogP contribution in [0.4, 0.5) is 5.69 Å². The number of amides is 1. The van der Waals surface area contributed by atoms with Crippen molar-refractivity contribution in [2.24, 2.45) is 0 Å². The first-order chi connectivity index (χ1) is 14.7. The molecule has 1 amide bonds. The standard InChI is InChI=1S/C23H20N4O3/c1-2-15-7-8-17(24-12-15)13-27-19-6-4-3-5-18(19)22(26-27)23(28)25-16-9-10-20-21(11-16)30-14-29-20/h3-12H,2,13-14H2,1H3,(H,25,28). The molecule has 1 aliphatic heterocycles. The number of para-hydroxylation sites is 1. The van der Waals surface area contributed by atoms with Crippen molar-refractivity contribution in [1.29, 1.82) is 0 Å². The van der Waals surface area contributed by atoms with Crippen molar-refractivity contribution in [3.05, 3.63) is 77.7 Å². The fourth-order valence-electron chi connectivity index (χ4n) is 3.49. The number of hydrogen-bond acceptors (Lipinski definition) is 5. The third-order valence-corrected chi connectivity index (χ3v) is 5.11. The van der Waals surface area contributed by atoms with E-state index in [-0.39, 0.29) is 12.7 Å². The molecule has 1 aliphatic rings. The van der Waals surface area contributed by atoms with Crippen LogP contribution in [-0.2, 0) is 13.0 Å². The number of pyridine rings is 1. The molecule has 0 radical (unpaired) electrons. The molecule has 1 N–H and O–H groups in total. The summed E-state index contributed by atoms with van der Waals surface area (Å²) in [5.74, 6) is 1.01. The highest BCUT2D eigenvalue weighted by atomic mass is 16.7. The van der Waals surface area contributed by atoms with Gasteiger partial charge in [-0.15, -0.1) is 0 Å². The summed E-state index contributed by atoms with van der Waals surface area (Å²) in [6.45, 7) is 2.78.